The third-order valence-electron chi connectivity index (χ3n) is 5.93. The zero-order chi connectivity index (χ0) is 18.3. The van der Waals surface area contributed by atoms with Crippen molar-refractivity contribution >= 4 is 0 Å². The van der Waals surface area contributed by atoms with Crippen LogP contribution >= 0.6 is 0 Å². The van der Waals surface area contributed by atoms with Crippen molar-refractivity contribution < 1.29 is 0 Å². The Morgan fingerprint density at radius 2 is 1.50 bits per heavy atom. The van der Waals surface area contributed by atoms with E-state index in [1.54, 1.807) is 0 Å². The van der Waals surface area contributed by atoms with Gasteiger partial charge < -0.3 is 0 Å². The topological polar surface area (TPSA) is 28.1 Å². The number of hydrogen-bond donors (Lipinski definition) is 0. The first-order valence-corrected chi connectivity index (χ1v) is 10.3. The zero-order valence-corrected chi connectivity index (χ0v) is 17.1. The zero-order valence-electron chi connectivity index (χ0n) is 17.1. The Labute approximate surface area is 151 Å². The Hall–Kier alpha value is -1.02. The summed E-state index contributed by atoms with van der Waals surface area (Å²) in [4.78, 5) is 4.68. The van der Waals surface area contributed by atoms with Crippen LogP contribution in [0.15, 0.2) is 0 Å². The maximum absolute atomic E-state index is 8.95. The molecule has 2 unspecified atom stereocenters. The van der Waals surface area contributed by atoms with Gasteiger partial charge in [-0.2, -0.15) is 5.26 Å². The molecule has 0 aliphatic heterocycles. The average molecular weight is 334 g/mol. The average Bonchev–Trinajstić information content (AvgIpc) is 2.61. The molecule has 0 aliphatic carbocycles. The van der Waals surface area contributed by atoms with Crippen LogP contribution in [-0.4, -0.2) is 6.54 Å². The van der Waals surface area contributed by atoms with Crippen molar-refractivity contribution in [3.63, 3.8) is 0 Å². The second kappa shape index (κ2) is 13.3. The predicted molar refractivity (Wildman–Crippen MR) is 106 cm³/mol. The van der Waals surface area contributed by atoms with E-state index in [0.29, 0.717) is 11.8 Å². The van der Waals surface area contributed by atoms with E-state index in [1.807, 2.05) is 0 Å². The minimum absolute atomic E-state index is 0.217. The van der Waals surface area contributed by atoms with E-state index < -0.39 is 0 Å². The summed E-state index contributed by atoms with van der Waals surface area (Å²) in [6.45, 7) is 12.3. The highest BCUT2D eigenvalue weighted by atomic mass is 14.7. The van der Waals surface area contributed by atoms with E-state index in [2.05, 4.69) is 51.6 Å². The van der Waals surface area contributed by atoms with Crippen LogP contribution in [0.5, 0.6) is 0 Å². The molecule has 0 heterocycles. The van der Waals surface area contributed by atoms with Crippen molar-refractivity contribution in [1.29, 1.82) is 5.26 Å². The number of unbranched alkanes of at least 4 members (excludes halogenated alkanes) is 2. The molecule has 0 saturated carbocycles. The maximum atomic E-state index is 8.95. The fourth-order valence-corrected chi connectivity index (χ4v) is 3.36. The molecule has 0 amide bonds. The number of hydrogen-bond acceptors (Lipinski definition) is 1. The lowest BCUT2D eigenvalue weighted by Gasteiger charge is -2.26. The van der Waals surface area contributed by atoms with Crippen LogP contribution in [0.4, 0.5) is 0 Å². The monoisotopic (exact) mass is 333 g/mol. The van der Waals surface area contributed by atoms with E-state index in [9.17, 15) is 0 Å². The Balaban J connectivity index is 4.58. The Kier molecular flexibility index (Phi) is 12.7. The van der Waals surface area contributed by atoms with Crippen molar-refractivity contribution in [2.24, 2.45) is 10.8 Å². The highest BCUT2D eigenvalue weighted by molar-refractivity contribution is 4.95. The summed E-state index contributed by atoms with van der Waals surface area (Å²) in [5, 5.41) is 8.95. The first-order valence-electron chi connectivity index (χ1n) is 10.3. The molecule has 0 radical (unpaired) electrons. The molecular formula is C22H41N2+. The molecule has 0 bridgehead atoms. The van der Waals surface area contributed by atoms with Gasteiger partial charge in [0.2, 0.25) is 0 Å². The quantitative estimate of drug-likeness (QED) is 0.341. The highest BCUT2D eigenvalue weighted by Gasteiger charge is 2.32. The van der Waals surface area contributed by atoms with Gasteiger partial charge in [-0.05, 0) is 37.5 Å². The first-order chi connectivity index (χ1) is 11.5. The molecule has 0 rings (SSSR count). The van der Waals surface area contributed by atoms with Crippen molar-refractivity contribution in [2.75, 3.05) is 6.54 Å². The SMILES string of the molecule is CCCCC(C)(CC)CCC#[N+]CC(CC)(CCC#N)CCCC. The van der Waals surface area contributed by atoms with Gasteiger partial charge >= 0.3 is 0 Å². The van der Waals surface area contributed by atoms with Crippen LogP contribution in [0.1, 0.15) is 112 Å². The minimum Gasteiger partial charge on any atom is -0.198 e. The van der Waals surface area contributed by atoms with Crippen molar-refractivity contribution in [1.82, 2.24) is 0 Å². The fraction of sp³-hybridized carbons (Fsp3) is 0.909. The largest absolute Gasteiger partial charge is 0.272 e. The molecular weight excluding hydrogens is 292 g/mol. The molecule has 0 fully saturated rings. The van der Waals surface area contributed by atoms with Gasteiger partial charge in [-0.3, -0.25) is 0 Å². The van der Waals surface area contributed by atoms with Crippen LogP contribution in [0.3, 0.4) is 0 Å². The van der Waals surface area contributed by atoms with Crippen LogP contribution in [0, 0.1) is 28.2 Å². The van der Waals surface area contributed by atoms with Gasteiger partial charge in [0.25, 0.3) is 12.6 Å². The lowest BCUT2D eigenvalue weighted by Crippen LogP contribution is -2.23. The number of rotatable bonds is 13. The first kappa shape index (κ1) is 23.0. The summed E-state index contributed by atoms with van der Waals surface area (Å²) >= 11 is 0. The molecule has 0 aromatic carbocycles. The molecule has 2 heteroatoms. The fourth-order valence-electron chi connectivity index (χ4n) is 3.36. The van der Waals surface area contributed by atoms with Crippen molar-refractivity contribution in [3.8, 4) is 12.1 Å². The molecule has 0 saturated heterocycles. The summed E-state index contributed by atoms with van der Waals surface area (Å²) in [6, 6.07) is 5.66. The molecule has 2 nitrogen and oxygen atoms in total. The second-order valence-corrected chi connectivity index (χ2v) is 7.86. The van der Waals surface area contributed by atoms with Gasteiger partial charge in [0.15, 0.2) is 0 Å². The van der Waals surface area contributed by atoms with Crippen LogP contribution < -0.4 is 0 Å². The second-order valence-electron chi connectivity index (χ2n) is 7.86. The van der Waals surface area contributed by atoms with Gasteiger partial charge in [0.1, 0.15) is 0 Å². The normalized spacial score (nSPS) is 15.7. The third-order valence-corrected chi connectivity index (χ3v) is 5.93. The van der Waals surface area contributed by atoms with E-state index in [0.717, 1.165) is 25.8 Å². The van der Waals surface area contributed by atoms with E-state index in [-0.39, 0.29) is 5.41 Å². The summed E-state index contributed by atoms with van der Waals surface area (Å²) < 4.78 is 0. The Morgan fingerprint density at radius 1 is 0.833 bits per heavy atom. The van der Waals surface area contributed by atoms with Gasteiger partial charge in [0, 0.05) is 11.8 Å². The van der Waals surface area contributed by atoms with Crippen LogP contribution in [-0.2, 0) is 0 Å². The summed E-state index contributed by atoms with van der Waals surface area (Å²) in [7, 11) is 0. The Morgan fingerprint density at radius 3 is 2.04 bits per heavy atom. The van der Waals surface area contributed by atoms with E-state index >= 15 is 0 Å². The highest BCUT2D eigenvalue weighted by Crippen LogP contribution is 2.35. The van der Waals surface area contributed by atoms with Gasteiger partial charge in [-0.1, -0.05) is 71.6 Å². The van der Waals surface area contributed by atoms with Crippen LogP contribution in [0.25, 0.3) is 4.85 Å². The standard InChI is InChI=1S/C22H41N2/c1-6-10-14-21(5,8-3)15-13-19-24-20-22(9-4,16-11-7-2)17-12-18-23/h6-17,20H2,1-5H3/q+1. The molecule has 138 valence electrons. The van der Waals surface area contributed by atoms with E-state index in [1.165, 1.54) is 51.4 Å². The molecule has 24 heavy (non-hydrogen) atoms. The maximum Gasteiger partial charge on any atom is 0.272 e. The molecule has 0 N–H and O–H groups in total. The Bertz CT molecular complexity index is 412. The molecule has 0 spiro atoms. The summed E-state index contributed by atoms with van der Waals surface area (Å²) in [6.07, 6.45) is 13.7. The molecule has 0 aliphatic rings. The van der Waals surface area contributed by atoms with Crippen molar-refractivity contribution in [3.05, 3.63) is 4.85 Å². The minimum atomic E-state index is 0.217. The molecule has 0 aromatic heterocycles. The molecule has 0 aromatic rings. The lowest BCUT2D eigenvalue weighted by molar-refractivity contribution is 0.248. The van der Waals surface area contributed by atoms with Crippen molar-refractivity contribution in [2.45, 2.75) is 112 Å². The van der Waals surface area contributed by atoms with Gasteiger partial charge in [0.05, 0.1) is 12.5 Å². The molecule has 2 atom stereocenters. The predicted octanol–water partition coefficient (Wildman–Crippen LogP) is 7.60. The van der Waals surface area contributed by atoms with E-state index in [4.69, 9.17) is 5.26 Å². The van der Waals surface area contributed by atoms with Crippen LogP contribution in [0.2, 0.25) is 0 Å². The lowest BCUT2D eigenvalue weighted by atomic mass is 9.76. The number of nitrogens with zero attached hydrogens (tertiary/aromatic N) is 2. The summed E-state index contributed by atoms with van der Waals surface area (Å²) in [5.41, 5.74) is 0.665. The number of nitriles is 1. The van der Waals surface area contributed by atoms with Gasteiger partial charge in [-0.15, -0.1) is 0 Å². The van der Waals surface area contributed by atoms with Gasteiger partial charge in [-0.25, -0.2) is 0 Å². The third kappa shape index (κ3) is 9.32. The summed E-state index contributed by atoms with van der Waals surface area (Å²) in [5.74, 6) is 0. The smallest absolute Gasteiger partial charge is 0.198 e.